The fourth-order valence-electron chi connectivity index (χ4n) is 7.34. The molecule has 0 saturated carbocycles. The van der Waals surface area contributed by atoms with Gasteiger partial charge in [0, 0.05) is 33.5 Å². The van der Waals surface area contributed by atoms with E-state index < -0.39 is 61.1 Å². The Morgan fingerprint density at radius 2 is 1.48 bits per heavy atom. The Balaban J connectivity index is 1.45. The van der Waals surface area contributed by atoms with Gasteiger partial charge in [-0.15, -0.1) is 0 Å². The predicted octanol–water partition coefficient (Wildman–Crippen LogP) is 2.40. The fourth-order valence-corrected chi connectivity index (χ4v) is 7.34. The third-order valence-corrected chi connectivity index (χ3v) is 9.55. The molecule has 2 amide bonds. The smallest absolute Gasteiger partial charge is 0.327 e. The monoisotopic (exact) mass is 651 g/mol. The number of para-hydroxylation sites is 2. The molecular weight excluding hydrogens is 622 g/mol. The number of hydrogen-bond donors (Lipinski definition) is 7. The van der Waals surface area contributed by atoms with Gasteiger partial charge in [-0.1, -0.05) is 48.5 Å². The summed E-state index contributed by atoms with van der Waals surface area (Å²) in [6, 6.07) is 18.2. The van der Waals surface area contributed by atoms with E-state index in [0.717, 1.165) is 4.90 Å². The van der Waals surface area contributed by atoms with Crippen LogP contribution in [0.25, 0.3) is 43.6 Å². The summed E-state index contributed by atoms with van der Waals surface area (Å²) in [4.78, 5) is 45.9. The van der Waals surface area contributed by atoms with Crippen molar-refractivity contribution in [2.24, 2.45) is 0 Å². The molecule has 8 rings (SSSR count). The Bertz CT molecular complexity index is 2310. The Morgan fingerprint density at radius 1 is 0.833 bits per heavy atom. The van der Waals surface area contributed by atoms with Crippen molar-refractivity contribution >= 4 is 61.4 Å². The number of aliphatic hydroxyl groups excluding tert-OH is 4. The van der Waals surface area contributed by atoms with Crippen LogP contribution in [0.15, 0.2) is 72.8 Å². The number of phenolic OH excluding ortho intramolecular Hbond substituents is 1. The van der Waals surface area contributed by atoms with E-state index >= 15 is 0 Å². The summed E-state index contributed by atoms with van der Waals surface area (Å²) >= 11 is 0. The number of aliphatic hydroxyl groups is 4. The lowest BCUT2D eigenvalue weighted by Crippen LogP contribution is -2.56. The van der Waals surface area contributed by atoms with Crippen LogP contribution in [0.3, 0.4) is 0 Å². The van der Waals surface area contributed by atoms with Crippen LogP contribution in [-0.2, 0) is 16.0 Å². The van der Waals surface area contributed by atoms with Crippen molar-refractivity contribution in [3.63, 3.8) is 0 Å². The molecule has 7 N–H and O–H groups in total. The third kappa shape index (κ3) is 4.12. The lowest BCUT2D eigenvalue weighted by molar-refractivity contribution is -0.249. The first kappa shape index (κ1) is 30.1. The maximum absolute atomic E-state index is 14.6. The maximum atomic E-state index is 14.6. The van der Waals surface area contributed by atoms with Crippen molar-refractivity contribution in [2.45, 2.75) is 43.1 Å². The van der Waals surface area contributed by atoms with E-state index in [1.807, 2.05) is 0 Å². The second-order valence-corrected chi connectivity index (χ2v) is 12.2. The molecule has 2 aromatic heterocycles. The summed E-state index contributed by atoms with van der Waals surface area (Å²) in [6.07, 6.45) is -7.79. The Labute approximate surface area is 270 Å². The largest absolute Gasteiger partial charge is 0.508 e. The number of aromatic nitrogens is 2. The second-order valence-electron chi connectivity index (χ2n) is 12.2. The molecule has 0 radical (unpaired) electrons. The summed E-state index contributed by atoms with van der Waals surface area (Å²) in [6.45, 7) is -0.657. The minimum absolute atomic E-state index is 0.0219. The van der Waals surface area contributed by atoms with Crippen molar-refractivity contribution in [2.75, 3.05) is 6.61 Å². The Hall–Kier alpha value is -5.31. The first-order valence-corrected chi connectivity index (χ1v) is 15.3. The Morgan fingerprint density at radius 3 is 2.17 bits per heavy atom. The number of aromatic amines is 1. The molecule has 13 nitrogen and oxygen atoms in total. The molecule has 13 heteroatoms. The van der Waals surface area contributed by atoms with Crippen LogP contribution >= 0.6 is 0 Å². The number of nitrogens with zero attached hydrogens (tertiary/aromatic N) is 2. The van der Waals surface area contributed by atoms with Gasteiger partial charge in [-0.2, -0.15) is 0 Å². The number of carboxylic acid groups (broad SMARTS) is 1. The number of aliphatic carboxylic acids is 1. The van der Waals surface area contributed by atoms with Crippen LogP contribution in [0.2, 0.25) is 0 Å². The van der Waals surface area contributed by atoms with Crippen molar-refractivity contribution in [1.29, 1.82) is 0 Å². The topological polar surface area (TPSA) is 206 Å². The molecule has 244 valence electrons. The lowest BCUT2D eigenvalue weighted by Gasteiger charge is -2.41. The molecule has 48 heavy (non-hydrogen) atoms. The minimum Gasteiger partial charge on any atom is -0.508 e. The number of carbonyl (C=O) groups is 3. The van der Waals surface area contributed by atoms with Gasteiger partial charge in [0.1, 0.15) is 36.2 Å². The number of H-pyrrole nitrogens is 1. The molecule has 4 aromatic carbocycles. The van der Waals surface area contributed by atoms with Crippen molar-refractivity contribution in [1.82, 2.24) is 14.5 Å². The molecule has 0 unspecified atom stereocenters. The van der Waals surface area contributed by atoms with E-state index in [1.165, 1.54) is 24.3 Å². The number of benzene rings is 4. The lowest BCUT2D eigenvalue weighted by atomic mass is 9.96. The second kappa shape index (κ2) is 10.9. The standard InChI is InChI=1S/C35H29N3O10/c39-14-22-29(41)30(42)31(43)34(48-22)37-20-8-4-2-6-18(20)24-26-25(23-17-5-1-3-7-19(17)36-27(23)28(24)37)32(44)38(33(26)45)21(35(46)47)13-15-9-11-16(40)12-10-15/h1-12,21-22,29-31,34,36,39-43H,13-14H2,(H,46,47)/t21-,22+,29+,30-,31+,34+/m0/s1. The summed E-state index contributed by atoms with van der Waals surface area (Å²) in [5, 5.41) is 64.4. The van der Waals surface area contributed by atoms with Gasteiger partial charge in [0.25, 0.3) is 11.8 Å². The van der Waals surface area contributed by atoms with E-state index in [0.29, 0.717) is 49.2 Å². The van der Waals surface area contributed by atoms with Crippen LogP contribution in [0, 0.1) is 0 Å². The van der Waals surface area contributed by atoms with Crippen molar-refractivity contribution in [3.05, 3.63) is 89.5 Å². The van der Waals surface area contributed by atoms with Gasteiger partial charge in [-0.3, -0.25) is 14.5 Å². The van der Waals surface area contributed by atoms with Gasteiger partial charge in [-0.05, 0) is 29.8 Å². The molecule has 2 aliphatic heterocycles. The number of nitrogens with one attached hydrogen (secondary N) is 1. The first-order valence-electron chi connectivity index (χ1n) is 15.3. The van der Waals surface area contributed by atoms with E-state index in [4.69, 9.17) is 4.74 Å². The van der Waals surface area contributed by atoms with Crippen molar-refractivity contribution in [3.8, 4) is 5.75 Å². The molecule has 6 atom stereocenters. The number of fused-ring (bicyclic) bond motifs is 10. The number of carbonyl (C=O) groups excluding carboxylic acids is 2. The summed E-state index contributed by atoms with van der Waals surface area (Å²) < 4.78 is 7.61. The number of phenols is 1. The molecule has 4 heterocycles. The van der Waals surface area contributed by atoms with Crippen LogP contribution in [0.1, 0.15) is 32.5 Å². The van der Waals surface area contributed by atoms with Gasteiger partial charge < -0.3 is 44.9 Å². The van der Waals surface area contributed by atoms with E-state index in [-0.39, 0.29) is 23.3 Å². The van der Waals surface area contributed by atoms with Crippen LogP contribution in [0.4, 0.5) is 0 Å². The summed E-state index contributed by atoms with van der Waals surface area (Å²) in [7, 11) is 0. The third-order valence-electron chi connectivity index (χ3n) is 9.55. The number of imide groups is 1. The minimum atomic E-state index is -1.69. The van der Waals surface area contributed by atoms with Gasteiger partial charge in [-0.25, -0.2) is 4.79 Å². The van der Waals surface area contributed by atoms with Crippen LogP contribution in [-0.4, -0.2) is 99.9 Å². The van der Waals surface area contributed by atoms with Crippen LogP contribution < -0.4 is 0 Å². The van der Waals surface area contributed by atoms with Crippen LogP contribution in [0.5, 0.6) is 5.75 Å². The van der Waals surface area contributed by atoms with E-state index in [9.17, 15) is 45.0 Å². The number of carboxylic acids is 1. The fraction of sp³-hybridized carbons (Fsp3) is 0.229. The summed E-state index contributed by atoms with van der Waals surface area (Å²) in [5.41, 5.74) is 2.27. The van der Waals surface area contributed by atoms with E-state index in [1.54, 1.807) is 53.1 Å². The molecule has 1 fully saturated rings. The average molecular weight is 652 g/mol. The quantitative estimate of drug-likeness (QED) is 0.131. The van der Waals surface area contributed by atoms with Gasteiger partial charge in [0.05, 0.1) is 34.3 Å². The SMILES string of the molecule is O=C(O)[C@H](Cc1ccc(O)cc1)N1C(=O)c2c(c3c4ccccc4n([C@@H]4O[C@H](CO)[C@@H](O)[C@H](O)[C@H]4O)c3c3[nH]c4ccccc4c23)C1=O. The molecule has 2 aliphatic rings. The van der Waals surface area contributed by atoms with Gasteiger partial charge in [0.15, 0.2) is 6.23 Å². The first-order chi connectivity index (χ1) is 23.1. The number of amides is 2. The average Bonchev–Trinajstić information content (AvgIpc) is 3.71. The number of ether oxygens (including phenoxy) is 1. The molecule has 0 spiro atoms. The predicted molar refractivity (Wildman–Crippen MR) is 172 cm³/mol. The summed E-state index contributed by atoms with van der Waals surface area (Å²) in [5.74, 6) is -3.03. The molecule has 0 aliphatic carbocycles. The maximum Gasteiger partial charge on any atom is 0.327 e. The number of rotatable bonds is 6. The highest BCUT2D eigenvalue weighted by Crippen LogP contribution is 2.47. The van der Waals surface area contributed by atoms with E-state index in [2.05, 4.69) is 4.98 Å². The van der Waals surface area contributed by atoms with Crippen molar-refractivity contribution < 1.29 is 49.8 Å². The van der Waals surface area contributed by atoms with Gasteiger partial charge in [0.2, 0.25) is 0 Å². The highest BCUT2D eigenvalue weighted by molar-refractivity contribution is 6.39. The molecule has 0 bridgehead atoms. The highest BCUT2D eigenvalue weighted by Gasteiger charge is 2.49. The zero-order valence-corrected chi connectivity index (χ0v) is 25.0. The zero-order valence-electron chi connectivity index (χ0n) is 25.0. The number of hydrogen-bond acceptors (Lipinski definition) is 9. The molecule has 6 aromatic rings. The molecular formula is C35H29N3O10. The van der Waals surface area contributed by atoms with Gasteiger partial charge >= 0.3 is 5.97 Å². The highest BCUT2D eigenvalue weighted by atomic mass is 16.6. The number of aromatic hydroxyl groups is 1. The normalized spacial score (nSPS) is 23.5. The zero-order chi connectivity index (χ0) is 33.6. The Kier molecular flexibility index (Phi) is 6.80. The molecule has 1 saturated heterocycles.